The maximum atomic E-state index is 12.8. The Balaban J connectivity index is 1.48. The number of pyridine rings is 1. The quantitative estimate of drug-likeness (QED) is 0.631. The number of piperidine rings is 1. The van der Waals surface area contributed by atoms with Gasteiger partial charge in [0.05, 0.1) is 23.5 Å². The van der Waals surface area contributed by atoms with Crippen LogP contribution in [0.25, 0.3) is 0 Å². The first kappa shape index (κ1) is 22.1. The van der Waals surface area contributed by atoms with Gasteiger partial charge in [0, 0.05) is 39.1 Å². The third kappa shape index (κ3) is 4.30. The van der Waals surface area contributed by atoms with Crippen molar-refractivity contribution in [3.05, 3.63) is 29.1 Å². The molecular formula is C19H20F3N5O5. The van der Waals surface area contributed by atoms with Crippen LogP contribution in [0.5, 0.6) is 0 Å². The lowest BCUT2D eigenvalue weighted by molar-refractivity contribution is -0.238. The molecule has 13 heteroatoms. The first-order chi connectivity index (χ1) is 15.1. The van der Waals surface area contributed by atoms with Crippen LogP contribution in [-0.4, -0.2) is 81.9 Å². The molecule has 3 aliphatic rings. The fourth-order valence-electron chi connectivity index (χ4n) is 3.95. The van der Waals surface area contributed by atoms with Gasteiger partial charge < -0.3 is 15.1 Å². The molecule has 3 amide bonds. The number of hydroxylamine groups is 2. The number of hydrogen-bond donors (Lipinski definition) is 1. The number of amides is 3. The van der Waals surface area contributed by atoms with Crippen molar-refractivity contribution in [1.82, 2.24) is 25.2 Å². The third-order valence-electron chi connectivity index (χ3n) is 5.56. The molecule has 10 nitrogen and oxygen atoms in total. The van der Waals surface area contributed by atoms with Crippen LogP contribution in [0.4, 0.5) is 13.2 Å². The van der Waals surface area contributed by atoms with Crippen LogP contribution in [-0.2, 0) is 32.3 Å². The van der Waals surface area contributed by atoms with Crippen LogP contribution >= 0.6 is 0 Å². The highest BCUT2D eigenvalue weighted by molar-refractivity contribution is 6.05. The highest BCUT2D eigenvalue weighted by Gasteiger charge is 2.49. The molecule has 2 saturated heterocycles. The summed E-state index contributed by atoms with van der Waals surface area (Å²) in [7, 11) is 0. The number of nitrogens with one attached hydrogen (secondary N) is 1. The molecule has 1 unspecified atom stereocenters. The molecule has 1 aromatic heterocycles. The number of hydrogen-bond acceptors (Lipinski definition) is 8. The number of piperazine rings is 1. The SMILES string of the molecule is O=C1CCC(N2Cc3nc(CN4CCNCC4)ccc3C2=O)C(=O)N1OC(=O)C(F)(F)F. The number of halogens is 3. The fraction of sp³-hybridized carbons (Fsp3) is 0.526. The lowest BCUT2D eigenvalue weighted by Gasteiger charge is -2.33. The zero-order valence-electron chi connectivity index (χ0n) is 16.9. The van der Waals surface area contributed by atoms with Gasteiger partial charge in [-0.2, -0.15) is 13.2 Å². The van der Waals surface area contributed by atoms with Crippen molar-refractivity contribution in [2.75, 3.05) is 26.2 Å². The molecule has 0 saturated carbocycles. The number of imide groups is 1. The lowest BCUT2D eigenvalue weighted by atomic mass is 10.0. The Hall–Kier alpha value is -3.06. The monoisotopic (exact) mass is 455 g/mol. The number of alkyl halides is 3. The Kier molecular flexibility index (Phi) is 5.86. The normalized spacial score (nSPS) is 22.3. The second-order valence-electron chi connectivity index (χ2n) is 7.71. The average molecular weight is 455 g/mol. The van der Waals surface area contributed by atoms with E-state index in [2.05, 4.69) is 20.0 Å². The minimum atomic E-state index is -5.38. The number of carbonyl (C=O) groups is 4. The van der Waals surface area contributed by atoms with E-state index in [1.165, 1.54) is 0 Å². The molecule has 3 aliphatic heterocycles. The highest BCUT2D eigenvalue weighted by Crippen LogP contribution is 2.29. The van der Waals surface area contributed by atoms with Crippen molar-refractivity contribution in [3.8, 4) is 0 Å². The molecule has 2 fully saturated rings. The second-order valence-corrected chi connectivity index (χ2v) is 7.71. The number of carbonyl (C=O) groups excluding carboxylic acids is 4. The summed E-state index contributed by atoms with van der Waals surface area (Å²) in [5.41, 5.74) is 1.50. The van der Waals surface area contributed by atoms with Crippen LogP contribution in [0, 0.1) is 0 Å². The molecule has 1 atom stereocenters. The Morgan fingerprint density at radius 1 is 1.19 bits per heavy atom. The largest absolute Gasteiger partial charge is 0.493 e. The molecule has 0 bridgehead atoms. The van der Waals surface area contributed by atoms with Crippen molar-refractivity contribution < 1.29 is 37.2 Å². The Morgan fingerprint density at radius 3 is 2.59 bits per heavy atom. The van der Waals surface area contributed by atoms with Crippen LogP contribution in [0.3, 0.4) is 0 Å². The lowest BCUT2D eigenvalue weighted by Crippen LogP contribution is -2.55. The molecular weight excluding hydrogens is 435 g/mol. The topological polar surface area (TPSA) is 112 Å². The summed E-state index contributed by atoms with van der Waals surface area (Å²) < 4.78 is 37.5. The fourth-order valence-corrected chi connectivity index (χ4v) is 3.95. The second kappa shape index (κ2) is 8.47. The van der Waals surface area contributed by atoms with Crippen LogP contribution in [0.1, 0.15) is 34.6 Å². The molecule has 1 aromatic rings. The van der Waals surface area contributed by atoms with Gasteiger partial charge in [-0.05, 0) is 18.6 Å². The Bertz CT molecular complexity index is 963. The number of nitrogens with zero attached hydrogens (tertiary/aromatic N) is 4. The van der Waals surface area contributed by atoms with Gasteiger partial charge >= 0.3 is 12.1 Å². The van der Waals surface area contributed by atoms with E-state index < -0.39 is 35.9 Å². The van der Waals surface area contributed by atoms with Crippen LogP contribution in [0.15, 0.2) is 12.1 Å². The molecule has 0 aromatic carbocycles. The van der Waals surface area contributed by atoms with E-state index in [0.717, 1.165) is 36.8 Å². The van der Waals surface area contributed by atoms with Crippen molar-refractivity contribution >= 4 is 23.7 Å². The first-order valence-electron chi connectivity index (χ1n) is 10.0. The Morgan fingerprint density at radius 2 is 1.91 bits per heavy atom. The zero-order chi connectivity index (χ0) is 23.0. The summed E-state index contributed by atoms with van der Waals surface area (Å²) in [6.07, 6.45) is -5.83. The van der Waals surface area contributed by atoms with E-state index in [1.807, 2.05) is 0 Å². The van der Waals surface area contributed by atoms with Crippen molar-refractivity contribution in [3.63, 3.8) is 0 Å². The minimum Gasteiger partial charge on any atom is -0.321 e. The van der Waals surface area contributed by atoms with Gasteiger partial charge in [0.15, 0.2) is 0 Å². The summed E-state index contributed by atoms with van der Waals surface area (Å²) in [4.78, 5) is 60.4. The molecule has 0 aliphatic carbocycles. The molecule has 0 spiro atoms. The molecule has 4 heterocycles. The van der Waals surface area contributed by atoms with Crippen LogP contribution in [0.2, 0.25) is 0 Å². The predicted molar refractivity (Wildman–Crippen MR) is 99.3 cm³/mol. The predicted octanol–water partition coefficient (Wildman–Crippen LogP) is -0.0193. The highest BCUT2D eigenvalue weighted by atomic mass is 19.4. The maximum absolute atomic E-state index is 12.8. The van der Waals surface area contributed by atoms with Crippen molar-refractivity contribution in [2.45, 2.75) is 38.1 Å². The molecule has 172 valence electrons. The summed E-state index contributed by atoms with van der Waals surface area (Å²) in [6.45, 7) is 4.03. The smallest absolute Gasteiger partial charge is 0.321 e. The van der Waals surface area contributed by atoms with E-state index in [4.69, 9.17) is 0 Å². The summed E-state index contributed by atoms with van der Waals surface area (Å²) >= 11 is 0. The van der Waals surface area contributed by atoms with Crippen molar-refractivity contribution in [1.29, 1.82) is 0 Å². The van der Waals surface area contributed by atoms with Gasteiger partial charge in [0.1, 0.15) is 6.04 Å². The molecule has 1 N–H and O–H groups in total. The average Bonchev–Trinajstić information content (AvgIpc) is 3.06. The standard InChI is InChI=1S/C19H20F3N5O5/c20-19(21,22)18(31)32-27-15(28)4-3-14(17(27)30)26-10-13-12(16(26)29)2-1-11(24-13)9-25-7-5-23-6-8-25/h1-2,14,23H,3-10H2. The van der Waals surface area contributed by atoms with Gasteiger partial charge in [-0.3, -0.25) is 24.3 Å². The van der Waals surface area contributed by atoms with Gasteiger partial charge in [0.25, 0.3) is 17.7 Å². The minimum absolute atomic E-state index is 0.0325. The number of fused-ring (bicyclic) bond motifs is 1. The molecule has 4 rings (SSSR count). The van der Waals surface area contributed by atoms with E-state index in [0.29, 0.717) is 12.2 Å². The van der Waals surface area contributed by atoms with E-state index >= 15 is 0 Å². The van der Waals surface area contributed by atoms with Gasteiger partial charge in [-0.25, -0.2) is 4.79 Å². The number of rotatable bonds is 4. The van der Waals surface area contributed by atoms with E-state index in [1.54, 1.807) is 12.1 Å². The van der Waals surface area contributed by atoms with Gasteiger partial charge in [-0.15, -0.1) is 5.06 Å². The van der Waals surface area contributed by atoms with E-state index in [-0.39, 0.29) is 30.0 Å². The Labute approximate surface area is 180 Å². The van der Waals surface area contributed by atoms with Crippen molar-refractivity contribution in [2.24, 2.45) is 0 Å². The molecule has 32 heavy (non-hydrogen) atoms. The van der Waals surface area contributed by atoms with Gasteiger partial charge in [0.2, 0.25) is 0 Å². The summed E-state index contributed by atoms with van der Waals surface area (Å²) in [5, 5.41) is 3.06. The zero-order valence-corrected chi connectivity index (χ0v) is 16.9. The van der Waals surface area contributed by atoms with E-state index in [9.17, 15) is 32.3 Å². The number of aromatic nitrogens is 1. The maximum Gasteiger partial charge on any atom is 0.493 e. The third-order valence-corrected chi connectivity index (χ3v) is 5.56. The summed E-state index contributed by atoms with van der Waals surface area (Å²) in [5.74, 6) is -5.48. The molecule has 0 radical (unpaired) electrons. The first-order valence-corrected chi connectivity index (χ1v) is 10.0. The van der Waals surface area contributed by atoms with Gasteiger partial charge in [-0.1, -0.05) is 0 Å². The summed E-state index contributed by atoms with van der Waals surface area (Å²) in [6, 6.07) is 2.10. The van der Waals surface area contributed by atoms with Crippen LogP contribution < -0.4 is 5.32 Å².